The van der Waals surface area contributed by atoms with Crippen LogP contribution in [0, 0.1) is 11.3 Å². The van der Waals surface area contributed by atoms with Crippen LogP contribution in [-0.4, -0.2) is 13.1 Å². The highest BCUT2D eigenvalue weighted by molar-refractivity contribution is 5.56. The Morgan fingerprint density at radius 1 is 1.33 bits per heavy atom. The third kappa shape index (κ3) is 2.26. The van der Waals surface area contributed by atoms with Crippen LogP contribution in [-0.2, 0) is 13.0 Å². The van der Waals surface area contributed by atoms with Crippen molar-refractivity contribution in [2.45, 2.75) is 39.7 Å². The summed E-state index contributed by atoms with van der Waals surface area (Å²) >= 11 is 0. The third-order valence-corrected chi connectivity index (χ3v) is 4.81. The van der Waals surface area contributed by atoms with E-state index in [1.807, 2.05) is 0 Å². The summed E-state index contributed by atoms with van der Waals surface area (Å²) < 4.78 is 0. The number of hydrogen-bond donors (Lipinski definition) is 2. The predicted molar refractivity (Wildman–Crippen MR) is 76.8 cm³/mol. The zero-order valence-electron chi connectivity index (χ0n) is 11.6. The average Bonchev–Trinajstić information content (AvgIpc) is 3.00. The second-order valence-corrected chi connectivity index (χ2v) is 6.29. The highest BCUT2D eigenvalue weighted by Crippen LogP contribution is 2.51. The average molecular weight is 244 g/mol. The van der Waals surface area contributed by atoms with E-state index in [9.17, 15) is 0 Å². The fourth-order valence-electron chi connectivity index (χ4n) is 3.02. The zero-order chi connectivity index (χ0) is 12.6. The summed E-state index contributed by atoms with van der Waals surface area (Å²) in [6.45, 7) is 7.99. The fourth-order valence-corrected chi connectivity index (χ4v) is 3.02. The van der Waals surface area contributed by atoms with Crippen LogP contribution < -0.4 is 10.6 Å². The lowest BCUT2D eigenvalue weighted by Crippen LogP contribution is -2.27. The minimum Gasteiger partial charge on any atom is -0.384 e. The Balaban J connectivity index is 1.54. The van der Waals surface area contributed by atoms with Gasteiger partial charge in [0.1, 0.15) is 0 Å². The molecule has 1 aromatic rings. The van der Waals surface area contributed by atoms with Crippen molar-refractivity contribution in [3.8, 4) is 0 Å². The molecular formula is C16H24N2. The molecule has 98 valence electrons. The molecule has 0 atom stereocenters. The molecule has 0 bridgehead atoms. The molecule has 18 heavy (non-hydrogen) atoms. The quantitative estimate of drug-likeness (QED) is 0.831. The highest BCUT2D eigenvalue weighted by atomic mass is 14.9. The lowest BCUT2D eigenvalue weighted by molar-refractivity contribution is 0.338. The Morgan fingerprint density at radius 2 is 2.17 bits per heavy atom. The van der Waals surface area contributed by atoms with Crippen LogP contribution in [0.1, 0.15) is 37.8 Å². The van der Waals surface area contributed by atoms with Gasteiger partial charge in [0.05, 0.1) is 0 Å². The molecule has 1 saturated carbocycles. The van der Waals surface area contributed by atoms with Gasteiger partial charge in [0, 0.05) is 25.3 Å². The van der Waals surface area contributed by atoms with Gasteiger partial charge in [-0.05, 0) is 47.8 Å². The van der Waals surface area contributed by atoms with E-state index in [2.05, 4.69) is 42.7 Å². The van der Waals surface area contributed by atoms with Crippen LogP contribution in [0.4, 0.5) is 5.69 Å². The maximum Gasteiger partial charge on any atom is 0.0376 e. The molecule has 2 aliphatic rings. The lowest BCUT2D eigenvalue weighted by Gasteiger charge is -2.20. The number of anilines is 1. The van der Waals surface area contributed by atoms with Gasteiger partial charge in [-0.3, -0.25) is 0 Å². The first kappa shape index (κ1) is 12.0. The van der Waals surface area contributed by atoms with E-state index >= 15 is 0 Å². The topological polar surface area (TPSA) is 24.1 Å². The number of benzene rings is 1. The Kier molecular flexibility index (Phi) is 3.06. The van der Waals surface area contributed by atoms with Gasteiger partial charge in [0.25, 0.3) is 0 Å². The van der Waals surface area contributed by atoms with E-state index in [4.69, 9.17) is 0 Å². The largest absolute Gasteiger partial charge is 0.384 e. The van der Waals surface area contributed by atoms with Gasteiger partial charge >= 0.3 is 0 Å². The molecule has 2 nitrogen and oxygen atoms in total. The summed E-state index contributed by atoms with van der Waals surface area (Å²) in [5, 5.41) is 7.10. The molecule has 0 amide bonds. The van der Waals surface area contributed by atoms with Gasteiger partial charge in [0.15, 0.2) is 0 Å². The summed E-state index contributed by atoms with van der Waals surface area (Å²) in [6.07, 6.45) is 3.99. The molecule has 1 fully saturated rings. The highest BCUT2D eigenvalue weighted by Gasteiger charge is 2.44. The standard InChI is InChI=1S/C16H24N2/c1-12(2)16(6-7-16)11-17-10-13-3-4-14-5-8-18-15(14)9-13/h3-4,9,12,17-18H,5-8,10-11H2,1-2H3. The maximum atomic E-state index is 3.65. The lowest BCUT2D eigenvalue weighted by atomic mass is 9.92. The molecular weight excluding hydrogens is 220 g/mol. The van der Waals surface area contributed by atoms with E-state index < -0.39 is 0 Å². The number of hydrogen-bond acceptors (Lipinski definition) is 2. The predicted octanol–water partition coefficient (Wildman–Crippen LogP) is 3.18. The first-order valence-electron chi connectivity index (χ1n) is 7.26. The summed E-state index contributed by atoms with van der Waals surface area (Å²) in [7, 11) is 0. The van der Waals surface area contributed by atoms with E-state index in [0.717, 1.165) is 19.0 Å². The molecule has 0 spiro atoms. The molecule has 1 aromatic carbocycles. The SMILES string of the molecule is CC(C)C1(CNCc2ccc3c(c2)NCC3)CC1. The first-order chi connectivity index (χ1) is 8.70. The Hall–Kier alpha value is -1.02. The van der Waals surface area contributed by atoms with Gasteiger partial charge in [-0.25, -0.2) is 0 Å². The van der Waals surface area contributed by atoms with Gasteiger partial charge in [-0.15, -0.1) is 0 Å². The summed E-state index contributed by atoms with van der Waals surface area (Å²) in [6, 6.07) is 6.86. The van der Waals surface area contributed by atoms with Gasteiger partial charge < -0.3 is 10.6 Å². The van der Waals surface area contributed by atoms with Crippen LogP contribution in [0.25, 0.3) is 0 Å². The summed E-state index contributed by atoms with van der Waals surface area (Å²) in [5.74, 6) is 0.812. The van der Waals surface area contributed by atoms with E-state index in [1.165, 1.54) is 42.6 Å². The van der Waals surface area contributed by atoms with Gasteiger partial charge in [0.2, 0.25) is 0 Å². The molecule has 3 rings (SSSR count). The van der Waals surface area contributed by atoms with Crippen molar-refractivity contribution in [3.63, 3.8) is 0 Å². The van der Waals surface area contributed by atoms with Crippen molar-refractivity contribution in [1.82, 2.24) is 5.32 Å². The molecule has 0 unspecified atom stereocenters. The van der Waals surface area contributed by atoms with Crippen molar-refractivity contribution in [2.24, 2.45) is 11.3 Å². The van der Waals surface area contributed by atoms with Crippen LogP contribution in [0.2, 0.25) is 0 Å². The van der Waals surface area contributed by atoms with Crippen LogP contribution in [0.3, 0.4) is 0 Å². The molecule has 2 N–H and O–H groups in total. The van der Waals surface area contributed by atoms with Crippen LogP contribution >= 0.6 is 0 Å². The van der Waals surface area contributed by atoms with Gasteiger partial charge in [-0.1, -0.05) is 26.0 Å². The van der Waals surface area contributed by atoms with Crippen molar-refractivity contribution in [1.29, 1.82) is 0 Å². The van der Waals surface area contributed by atoms with Crippen molar-refractivity contribution >= 4 is 5.69 Å². The normalized spacial score (nSPS) is 19.7. The maximum absolute atomic E-state index is 3.65. The summed E-state index contributed by atoms with van der Waals surface area (Å²) in [5.41, 5.74) is 4.83. The number of fused-ring (bicyclic) bond motifs is 1. The Labute approximate surface area is 110 Å². The molecule has 1 aliphatic heterocycles. The fraction of sp³-hybridized carbons (Fsp3) is 0.625. The number of rotatable bonds is 5. The third-order valence-electron chi connectivity index (χ3n) is 4.81. The zero-order valence-corrected chi connectivity index (χ0v) is 11.6. The minimum atomic E-state index is 0.606. The van der Waals surface area contributed by atoms with E-state index in [-0.39, 0.29) is 0 Å². The second kappa shape index (κ2) is 4.58. The first-order valence-corrected chi connectivity index (χ1v) is 7.26. The van der Waals surface area contributed by atoms with Crippen LogP contribution in [0.15, 0.2) is 18.2 Å². The Morgan fingerprint density at radius 3 is 2.89 bits per heavy atom. The molecule has 2 heteroatoms. The second-order valence-electron chi connectivity index (χ2n) is 6.29. The van der Waals surface area contributed by atoms with E-state index in [1.54, 1.807) is 0 Å². The molecule has 1 heterocycles. The van der Waals surface area contributed by atoms with Crippen molar-refractivity contribution in [3.05, 3.63) is 29.3 Å². The monoisotopic (exact) mass is 244 g/mol. The van der Waals surface area contributed by atoms with Crippen molar-refractivity contribution < 1.29 is 0 Å². The number of nitrogens with one attached hydrogen (secondary N) is 2. The minimum absolute atomic E-state index is 0.606. The van der Waals surface area contributed by atoms with Crippen molar-refractivity contribution in [2.75, 3.05) is 18.4 Å². The molecule has 1 aliphatic carbocycles. The van der Waals surface area contributed by atoms with Gasteiger partial charge in [-0.2, -0.15) is 0 Å². The molecule has 0 saturated heterocycles. The summed E-state index contributed by atoms with van der Waals surface area (Å²) in [4.78, 5) is 0. The molecule has 0 radical (unpaired) electrons. The Bertz CT molecular complexity index is 433. The molecule has 0 aromatic heterocycles. The van der Waals surface area contributed by atoms with Crippen LogP contribution in [0.5, 0.6) is 0 Å². The van der Waals surface area contributed by atoms with E-state index in [0.29, 0.717) is 5.41 Å². The smallest absolute Gasteiger partial charge is 0.0376 e.